The fourth-order valence-corrected chi connectivity index (χ4v) is 16.9. The molecular formula is C100H196O. The highest BCUT2D eigenvalue weighted by Crippen LogP contribution is 2.23. The summed E-state index contributed by atoms with van der Waals surface area (Å²) in [5.74, 6) is 2.19. The summed E-state index contributed by atoms with van der Waals surface area (Å²) in [6.07, 6.45) is 146. The smallest absolute Gasteiger partial charge is 0.205 e. The third kappa shape index (κ3) is 97.2. The largest absolute Gasteiger partial charge is 0.285 e. The zero-order valence-corrected chi connectivity index (χ0v) is 70.9. The van der Waals surface area contributed by atoms with E-state index in [0.29, 0.717) is 6.42 Å². The first kappa shape index (κ1) is 100. The molecular weight excluding hydrogens is 1220 g/mol. The predicted molar refractivity (Wildman–Crippen MR) is 463 cm³/mol. The first-order valence-electron chi connectivity index (χ1n) is 49.3. The molecule has 0 aromatic rings. The molecule has 0 aliphatic carbocycles. The van der Waals surface area contributed by atoms with Crippen molar-refractivity contribution in [2.24, 2.45) is 0 Å². The van der Waals surface area contributed by atoms with E-state index in [4.69, 9.17) is 6.42 Å². The minimum Gasteiger partial charge on any atom is -0.285 e. The van der Waals surface area contributed by atoms with Crippen LogP contribution in [0.3, 0.4) is 0 Å². The predicted octanol–water partition coefficient (Wildman–Crippen LogP) is 37.7. The number of hydrogen-bond donors (Lipinski definition) is 0. The first-order valence-corrected chi connectivity index (χ1v) is 49.3. The second-order valence-corrected chi connectivity index (χ2v) is 34.6. The lowest BCUT2D eigenvalue weighted by atomic mass is 10.0. The summed E-state index contributed by atoms with van der Waals surface area (Å²) in [6.45, 7) is 2.32. The molecule has 602 valence electrons. The molecule has 0 bridgehead atoms. The van der Waals surface area contributed by atoms with Crippen molar-refractivity contribution >= 4 is 5.78 Å². The molecule has 0 N–H and O–H groups in total. The number of carbonyl (C=O) groups excluding carboxylic acids is 1. The lowest BCUT2D eigenvalue weighted by Crippen LogP contribution is -1.92. The van der Waals surface area contributed by atoms with Gasteiger partial charge in [0, 0.05) is 6.42 Å². The van der Waals surface area contributed by atoms with Gasteiger partial charge in [0.15, 0.2) is 0 Å². The molecule has 0 aliphatic rings. The Kier molecular flexibility index (Phi) is 96.5. The van der Waals surface area contributed by atoms with E-state index in [-0.39, 0.29) is 5.78 Å². The summed E-state index contributed by atoms with van der Waals surface area (Å²) in [5.41, 5.74) is 0. The second-order valence-electron chi connectivity index (χ2n) is 34.6. The molecule has 0 saturated carbocycles. The van der Waals surface area contributed by atoms with E-state index in [1.165, 1.54) is 597 Å². The van der Waals surface area contributed by atoms with Gasteiger partial charge in [-0.15, -0.1) is 6.42 Å². The monoisotopic (exact) mass is 1410 g/mol. The van der Waals surface area contributed by atoms with Crippen LogP contribution in [0, 0.1) is 12.3 Å². The molecule has 1 nitrogen and oxygen atoms in total. The van der Waals surface area contributed by atoms with Gasteiger partial charge in [0.05, 0.1) is 0 Å². The van der Waals surface area contributed by atoms with Crippen LogP contribution in [0.1, 0.15) is 623 Å². The molecule has 0 unspecified atom stereocenters. The standard InChI is InChI=1S/C100H196O/c1-3-5-6-7-8-9-10-11-12-13-14-15-16-17-18-19-20-21-22-23-24-25-26-27-28-29-30-31-32-33-34-35-36-37-38-39-40-41-42-43-44-45-46-47-48-49-50-51-52-53-54-55-56-57-58-59-60-61-62-63-64-65-66-67-68-69-70-71-72-73-74-75-76-77-78-79-80-81-82-83-84-85-86-87-88-89-90-91-92-93-94-95-96-97-98-99-100(101)4-2/h2H,3,5-99H2,1H3. The topological polar surface area (TPSA) is 17.1 Å². The summed E-state index contributed by atoms with van der Waals surface area (Å²) in [5, 5.41) is 0. The van der Waals surface area contributed by atoms with Crippen molar-refractivity contribution in [3.05, 3.63) is 0 Å². The van der Waals surface area contributed by atoms with Crippen molar-refractivity contribution in [1.82, 2.24) is 0 Å². The van der Waals surface area contributed by atoms with Gasteiger partial charge in [0.1, 0.15) is 0 Å². The molecule has 0 saturated heterocycles. The first-order chi connectivity index (χ1) is 50.3. The molecule has 0 rings (SSSR count). The number of Topliss-reactive ketones (excluding diaryl/α,β-unsaturated/α-hetero) is 1. The van der Waals surface area contributed by atoms with Crippen LogP contribution in [-0.2, 0) is 4.79 Å². The Labute approximate surface area is 642 Å². The third-order valence-corrected chi connectivity index (χ3v) is 24.2. The van der Waals surface area contributed by atoms with Gasteiger partial charge in [0.25, 0.3) is 0 Å². The van der Waals surface area contributed by atoms with Crippen LogP contribution in [-0.4, -0.2) is 5.78 Å². The number of unbranched alkanes of at least 4 members (excludes halogenated alkanes) is 94. The van der Waals surface area contributed by atoms with E-state index in [1.807, 2.05) is 0 Å². The third-order valence-electron chi connectivity index (χ3n) is 24.2. The van der Waals surface area contributed by atoms with E-state index < -0.39 is 0 Å². The van der Waals surface area contributed by atoms with Crippen molar-refractivity contribution in [2.45, 2.75) is 623 Å². The molecule has 1 heteroatoms. The molecule has 0 aromatic carbocycles. The second kappa shape index (κ2) is 97.2. The zero-order chi connectivity index (χ0) is 72.2. The van der Waals surface area contributed by atoms with E-state index in [2.05, 4.69) is 12.8 Å². The fourth-order valence-electron chi connectivity index (χ4n) is 16.9. The Morgan fingerprint density at radius 3 is 0.277 bits per heavy atom. The highest BCUT2D eigenvalue weighted by atomic mass is 16.1. The Morgan fingerprint density at radius 1 is 0.139 bits per heavy atom. The fraction of sp³-hybridized carbons (Fsp3) is 0.970. The summed E-state index contributed by atoms with van der Waals surface area (Å²) in [6, 6.07) is 0. The molecule has 0 spiro atoms. The van der Waals surface area contributed by atoms with Gasteiger partial charge in [0.2, 0.25) is 5.78 Å². The maximum atomic E-state index is 11.1. The van der Waals surface area contributed by atoms with Gasteiger partial charge in [-0.3, -0.25) is 4.79 Å². The van der Waals surface area contributed by atoms with Gasteiger partial charge in [-0.05, 0) is 12.3 Å². The maximum absolute atomic E-state index is 11.1. The molecule has 0 amide bonds. The zero-order valence-electron chi connectivity index (χ0n) is 70.9. The number of ketones is 1. The summed E-state index contributed by atoms with van der Waals surface area (Å²) in [7, 11) is 0. The molecule has 0 aromatic heterocycles. The van der Waals surface area contributed by atoms with E-state index in [0.717, 1.165) is 12.8 Å². The number of terminal acetylenes is 1. The minimum absolute atomic E-state index is 0.0285. The van der Waals surface area contributed by atoms with Gasteiger partial charge in [-0.2, -0.15) is 0 Å². The maximum Gasteiger partial charge on any atom is 0.205 e. The average Bonchev–Trinajstić information content (AvgIpc) is 3.67. The van der Waals surface area contributed by atoms with Crippen LogP contribution in [0.4, 0.5) is 0 Å². The van der Waals surface area contributed by atoms with E-state index in [1.54, 1.807) is 0 Å². The highest BCUT2D eigenvalue weighted by Gasteiger charge is 2.04. The molecule has 0 radical (unpaired) electrons. The number of hydrogen-bond acceptors (Lipinski definition) is 1. The average molecular weight is 1410 g/mol. The Balaban J connectivity index is 3.10. The molecule has 0 aliphatic heterocycles. The summed E-state index contributed by atoms with van der Waals surface area (Å²) >= 11 is 0. The van der Waals surface area contributed by atoms with Crippen LogP contribution in [0.25, 0.3) is 0 Å². The quantitative estimate of drug-likeness (QED) is 0.0337. The summed E-state index contributed by atoms with van der Waals surface area (Å²) < 4.78 is 0. The van der Waals surface area contributed by atoms with Crippen LogP contribution in [0.5, 0.6) is 0 Å². The van der Waals surface area contributed by atoms with Crippen molar-refractivity contribution in [3.8, 4) is 12.3 Å². The van der Waals surface area contributed by atoms with Crippen molar-refractivity contribution in [1.29, 1.82) is 0 Å². The van der Waals surface area contributed by atoms with E-state index >= 15 is 0 Å². The molecule has 0 heterocycles. The number of carbonyl (C=O) groups is 1. The lowest BCUT2D eigenvalue weighted by Gasteiger charge is -2.05. The van der Waals surface area contributed by atoms with Gasteiger partial charge >= 0.3 is 0 Å². The van der Waals surface area contributed by atoms with Crippen LogP contribution in [0.15, 0.2) is 0 Å². The SMILES string of the molecule is C#CC(=O)CCCCCCCCCCCCCCCCCCCCCCCCCCCCCCCCCCCCCCCCCCCCCCCCCCCCCCCCCCCCCCCCCCCCCCCCCCCCCCCCCCCCCCCCCCCCCCCCC. The Hall–Kier alpha value is -0.770. The van der Waals surface area contributed by atoms with Gasteiger partial charge in [-0.1, -0.05) is 610 Å². The lowest BCUT2D eigenvalue weighted by molar-refractivity contribution is -0.113. The van der Waals surface area contributed by atoms with Crippen LogP contribution < -0.4 is 0 Å². The number of rotatable bonds is 96. The Morgan fingerprint density at radius 2 is 0.208 bits per heavy atom. The summed E-state index contributed by atoms with van der Waals surface area (Å²) in [4.78, 5) is 11.1. The van der Waals surface area contributed by atoms with Gasteiger partial charge in [-0.25, -0.2) is 0 Å². The van der Waals surface area contributed by atoms with Crippen molar-refractivity contribution in [3.63, 3.8) is 0 Å². The van der Waals surface area contributed by atoms with E-state index in [9.17, 15) is 4.79 Å². The van der Waals surface area contributed by atoms with Crippen molar-refractivity contribution in [2.75, 3.05) is 0 Å². The molecule has 0 atom stereocenters. The van der Waals surface area contributed by atoms with Crippen LogP contribution >= 0.6 is 0 Å². The molecule has 0 fully saturated rings. The highest BCUT2D eigenvalue weighted by molar-refractivity contribution is 5.94. The normalized spacial score (nSPS) is 11.7. The minimum atomic E-state index is -0.0285. The Bertz CT molecular complexity index is 1450. The van der Waals surface area contributed by atoms with Crippen molar-refractivity contribution < 1.29 is 4.79 Å². The molecule has 101 heavy (non-hydrogen) atoms. The van der Waals surface area contributed by atoms with Crippen LogP contribution in [0.2, 0.25) is 0 Å². The van der Waals surface area contributed by atoms with Gasteiger partial charge < -0.3 is 0 Å².